The van der Waals surface area contributed by atoms with Gasteiger partial charge in [0.1, 0.15) is 11.5 Å². The number of nitrogens with one attached hydrogen (secondary N) is 2. The van der Waals surface area contributed by atoms with Crippen molar-refractivity contribution in [1.82, 2.24) is 5.32 Å². The third-order valence-electron chi connectivity index (χ3n) is 4.66. The van der Waals surface area contributed by atoms with Crippen LogP contribution >= 0.6 is 11.6 Å². The highest BCUT2D eigenvalue weighted by Gasteiger charge is 2.13. The highest BCUT2D eigenvalue weighted by Crippen LogP contribution is 2.24. The van der Waals surface area contributed by atoms with E-state index in [1.165, 1.54) is 0 Å². The Morgan fingerprint density at radius 3 is 2.27 bits per heavy atom. The van der Waals surface area contributed by atoms with Crippen LogP contribution in [0.3, 0.4) is 0 Å². The summed E-state index contributed by atoms with van der Waals surface area (Å²) >= 11 is 5.89. The minimum atomic E-state index is -0.887. The molecule has 0 fully saturated rings. The Bertz CT molecular complexity index is 1110. The zero-order valence-corrected chi connectivity index (χ0v) is 18.5. The Balaban J connectivity index is 1.71. The molecule has 0 aliphatic heterocycles. The molecule has 3 rings (SSSR count). The molecule has 0 bridgehead atoms. The SMILES string of the molecule is N#CNC(=N[C@H](CCC(=O)O)Cc1ccccc1)Nc1ccc(Oc2ccc(Cl)cc2)cc1. The maximum Gasteiger partial charge on any atom is 0.303 e. The first-order chi connectivity index (χ1) is 16.0. The van der Waals surface area contributed by atoms with E-state index < -0.39 is 5.97 Å². The lowest BCUT2D eigenvalue weighted by atomic mass is 10.0. The molecular weight excluding hydrogens is 440 g/mol. The number of ether oxygens (including phenoxy) is 1. The van der Waals surface area contributed by atoms with Crippen molar-refractivity contribution in [2.45, 2.75) is 25.3 Å². The maximum absolute atomic E-state index is 11.1. The fourth-order valence-corrected chi connectivity index (χ4v) is 3.23. The molecule has 0 spiro atoms. The van der Waals surface area contributed by atoms with Crippen LogP contribution in [0.2, 0.25) is 5.02 Å². The van der Waals surface area contributed by atoms with Gasteiger partial charge in [0.05, 0.1) is 6.04 Å². The van der Waals surface area contributed by atoms with Gasteiger partial charge in [-0.25, -0.2) is 4.99 Å². The highest BCUT2D eigenvalue weighted by molar-refractivity contribution is 6.30. The van der Waals surface area contributed by atoms with Crippen molar-refractivity contribution in [3.05, 3.63) is 89.4 Å². The molecule has 0 unspecified atom stereocenters. The monoisotopic (exact) mass is 462 g/mol. The lowest BCUT2D eigenvalue weighted by Gasteiger charge is -2.15. The van der Waals surface area contributed by atoms with Crippen LogP contribution in [0.15, 0.2) is 83.9 Å². The lowest BCUT2D eigenvalue weighted by molar-refractivity contribution is -0.137. The van der Waals surface area contributed by atoms with Crippen LogP contribution in [0.4, 0.5) is 5.69 Å². The summed E-state index contributed by atoms with van der Waals surface area (Å²) in [4.78, 5) is 15.7. The zero-order valence-electron chi connectivity index (χ0n) is 17.7. The Morgan fingerprint density at radius 2 is 1.67 bits per heavy atom. The summed E-state index contributed by atoms with van der Waals surface area (Å²) in [5.74, 6) is 0.659. The third kappa shape index (κ3) is 8.20. The van der Waals surface area contributed by atoms with Gasteiger partial charge in [0.15, 0.2) is 6.19 Å². The molecule has 0 saturated carbocycles. The summed E-state index contributed by atoms with van der Waals surface area (Å²) < 4.78 is 5.79. The first-order valence-electron chi connectivity index (χ1n) is 10.3. The minimum absolute atomic E-state index is 0.0163. The van der Waals surface area contributed by atoms with Crippen LogP contribution in [0.5, 0.6) is 11.5 Å². The Hall–Kier alpha value is -4.02. The fraction of sp³-hybridized carbons (Fsp3) is 0.160. The van der Waals surface area contributed by atoms with Gasteiger partial charge >= 0.3 is 5.97 Å². The molecule has 8 heteroatoms. The number of anilines is 1. The van der Waals surface area contributed by atoms with E-state index in [4.69, 9.17) is 26.7 Å². The van der Waals surface area contributed by atoms with Crippen molar-refractivity contribution in [3.8, 4) is 17.7 Å². The number of carboxylic acids is 1. The standard InChI is InChI=1S/C25H23ClN4O3/c26-19-6-11-22(12-7-19)33-23-13-8-20(9-14-23)29-25(28-17-27)30-21(10-15-24(31)32)16-18-4-2-1-3-5-18/h1-9,11-14,21H,10,15-16H2,(H,31,32)(H2,28,29,30)/t21-/m1/s1. The largest absolute Gasteiger partial charge is 0.481 e. The normalized spacial score (nSPS) is 11.8. The Labute approximate surface area is 197 Å². The van der Waals surface area contributed by atoms with Crippen LogP contribution in [-0.4, -0.2) is 23.1 Å². The molecule has 7 nitrogen and oxygen atoms in total. The molecular formula is C25H23ClN4O3. The molecule has 3 N–H and O–H groups in total. The number of aliphatic imine (C=N–C) groups is 1. The van der Waals surface area contributed by atoms with Gasteiger partial charge in [-0.3, -0.25) is 10.1 Å². The van der Waals surface area contributed by atoms with Crippen molar-refractivity contribution in [1.29, 1.82) is 5.26 Å². The molecule has 0 aliphatic carbocycles. The number of carbonyl (C=O) groups is 1. The minimum Gasteiger partial charge on any atom is -0.481 e. The number of nitrogens with zero attached hydrogens (tertiary/aromatic N) is 2. The van der Waals surface area contributed by atoms with E-state index in [9.17, 15) is 4.79 Å². The quantitative estimate of drug-likeness (QED) is 0.169. The smallest absolute Gasteiger partial charge is 0.303 e. The van der Waals surface area contributed by atoms with Gasteiger partial charge in [0, 0.05) is 17.1 Å². The van der Waals surface area contributed by atoms with Gasteiger partial charge in [0.25, 0.3) is 0 Å². The third-order valence-corrected chi connectivity index (χ3v) is 4.91. The molecule has 33 heavy (non-hydrogen) atoms. The highest BCUT2D eigenvalue weighted by atomic mass is 35.5. The van der Waals surface area contributed by atoms with E-state index >= 15 is 0 Å². The zero-order chi connectivity index (χ0) is 23.5. The summed E-state index contributed by atoms with van der Waals surface area (Å²) in [6.07, 6.45) is 2.76. The predicted octanol–water partition coefficient (Wildman–Crippen LogP) is 5.45. The number of nitriles is 1. The molecule has 0 radical (unpaired) electrons. The first-order valence-corrected chi connectivity index (χ1v) is 10.7. The van der Waals surface area contributed by atoms with Crippen molar-refractivity contribution in [3.63, 3.8) is 0 Å². The van der Waals surface area contributed by atoms with Crippen LogP contribution < -0.4 is 15.4 Å². The van der Waals surface area contributed by atoms with Crippen LogP contribution in [-0.2, 0) is 11.2 Å². The second-order valence-electron chi connectivity index (χ2n) is 7.20. The summed E-state index contributed by atoms with van der Waals surface area (Å²) in [7, 11) is 0. The van der Waals surface area contributed by atoms with Gasteiger partial charge in [-0.2, -0.15) is 5.26 Å². The summed E-state index contributed by atoms with van der Waals surface area (Å²) in [6, 6.07) is 23.6. The molecule has 3 aromatic carbocycles. The van der Waals surface area contributed by atoms with Gasteiger partial charge in [-0.15, -0.1) is 0 Å². The molecule has 0 saturated heterocycles. The van der Waals surface area contributed by atoms with Crippen LogP contribution in [0.1, 0.15) is 18.4 Å². The number of aliphatic carboxylic acids is 1. The van der Waals surface area contributed by atoms with Crippen molar-refractivity contribution >= 4 is 29.2 Å². The average Bonchev–Trinajstić information content (AvgIpc) is 2.81. The van der Waals surface area contributed by atoms with Crippen molar-refractivity contribution in [2.24, 2.45) is 4.99 Å². The number of halogens is 1. The van der Waals surface area contributed by atoms with Gasteiger partial charge in [0.2, 0.25) is 5.96 Å². The lowest BCUT2D eigenvalue weighted by Crippen LogP contribution is -2.29. The van der Waals surface area contributed by atoms with Crippen molar-refractivity contribution < 1.29 is 14.6 Å². The number of carboxylic acid groups (broad SMARTS) is 1. The number of hydrogen-bond donors (Lipinski definition) is 3. The van der Waals surface area contributed by atoms with E-state index in [0.717, 1.165) is 5.56 Å². The van der Waals surface area contributed by atoms with Crippen molar-refractivity contribution in [2.75, 3.05) is 5.32 Å². The molecule has 0 amide bonds. The topological polar surface area (TPSA) is 107 Å². The predicted molar refractivity (Wildman–Crippen MR) is 129 cm³/mol. The number of hydrogen-bond acceptors (Lipinski definition) is 4. The molecule has 168 valence electrons. The molecule has 0 aromatic heterocycles. The van der Waals surface area contributed by atoms with Gasteiger partial charge in [-0.05, 0) is 66.9 Å². The van der Waals surface area contributed by atoms with Gasteiger partial charge < -0.3 is 15.2 Å². The Kier molecular flexibility index (Phi) is 8.69. The second kappa shape index (κ2) is 12.1. The Morgan fingerprint density at radius 1 is 1.03 bits per heavy atom. The second-order valence-corrected chi connectivity index (χ2v) is 7.63. The van der Waals surface area contributed by atoms with E-state index in [2.05, 4.69) is 15.6 Å². The van der Waals surface area contributed by atoms with E-state index in [1.54, 1.807) is 48.5 Å². The van der Waals surface area contributed by atoms with E-state index in [0.29, 0.717) is 35.1 Å². The summed E-state index contributed by atoms with van der Waals surface area (Å²) in [6.45, 7) is 0. The number of rotatable bonds is 9. The molecule has 1 atom stereocenters. The average molecular weight is 463 g/mol. The first kappa shape index (κ1) is 23.6. The molecule has 0 aliphatic rings. The molecule has 3 aromatic rings. The molecule has 0 heterocycles. The van der Waals surface area contributed by atoms with Crippen LogP contribution in [0.25, 0.3) is 0 Å². The van der Waals surface area contributed by atoms with E-state index in [-0.39, 0.29) is 18.4 Å². The fourth-order valence-electron chi connectivity index (χ4n) is 3.10. The van der Waals surface area contributed by atoms with Gasteiger partial charge in [-0.1, -0.05) is 41.9 Å². The van der Waals surface area contributed by atoms with Crippen LogP contribution in [0, 0.1) is 11.5 Å². The summed E-state index contributed by atoms with van der Waals surface area (Å²) in [5, 5.41) is 24.5. The number of guanidine groups is 1. The number of benzene rings is 3. The van der Waals surface area contributed by atoms with E-state index in [1.807, 2.05) is 36.5 Å². The maximum atomic E-state index is 11.1. The summed E-state index contributed by atoms with van der Waals surface area (Å²) in [5.41, 5.74) is 1.73.